The van der Waals surface area contributed by atoms with Crippen LogP contribution in [0.4, 0.5) is 17.3 Å². The molecule has 0 bridgehead atoms. The summed E-state index contributed by atoms with van der Waals surface area (Å²) in [5.74, 6) is 0.975. The van der Waals surface area contributed by atoms with Gasteiger partial charge in [-0.3, -0.25) is 9.78 Å². The summed E-state index contributed by atoms with van der Waals surface area (Å²) in [6.07, 6.45) is 3.30. The number of nitrogens with one attached hydrogen (secondary N) is 2. The first-order valence-corrected chi connectivity index (χ1v) is 11.4. The lowest BCUT2D eigenvalue weighted by molar-refractivity contribution is -0.113. The normalized spacial score (nSPS) is 14.8. The minimum atomic E-state index is -0.440. The van der Waals surface area contributed by atoms with E-state index in [0.29, 0.717) is 23.0 Å². The van der Waals surface area contributed by atoms with Crippen molar-refractivity contribution in [1.82, 2.24) is 19.7 Å². The van der Waals surface area contributed by atoms with E-state index in [2.05, 4.69) is 21.7 Å². The van der Waals surface area contributed by atoms with Gasteiger partial charge in [-0.2, -0.15) is 4.98 Å². The number of anilines is 3. The Bertz CT molecular complexity index is 1410. The van der Waals surface area contributed by atoms with Gasteiger partial charge >= 0.3 is 0 Å². The Hall–Kier alpha value is -4.46. The van der Waals surface area contributed by atoms with Crippen molar-refractivity contribution < 1.29 is 4.79 Å². The molecule has 1 atom stereocenters. The number of amides is 1. The van der Waals surface area contributed by atoms with Crippen LogP contribution < -0.4 is 15.5 Å². The average molecular weight is 466 g/mol. The first kappa shape index (κ1) is 22.3. The number of hydrogen-bond acceptors (Lipinski definition) is 6. The number of aromatic nitrogens is 4. The quantitative estimate of drug-likeness (QED) is 0.446. The number of nitrogens with zero attached hydrogens (tertiary/aromatic N) is 5. The topological polar surface area (TPSA) is 88.0 Å². The molecule has 2 aromatic heterocycles. The van der Waals surface area contributed by atoms with Crippen LogP contribution in [-0.2, 0) is 4.79 Å². The van der Waals surface area contributed by atoms with E-state index < -0.39 is 6.04 Å². The lowest BCUT2D eigenvalue weighted by Gasteiger charge is -2.28. The lowest BCUT2D eigenvalue weighted by atomic mass is 9.94. The minimum absolute atomic E-state index is 0.215. The van der Waals surface area contributed by atoms with E-state index in [9.17, 15) is 4.79 Å². The molecule has 0 spiro atoms. The molecule has 8 heteroatoms. The first-order valence-electron chi connectivity index (χ1n) is 11.4. The van der Waals surface area contributed by atoms with Crippen LogP contribution in [0.25, 0.3) is 11.4 Å². The van der Waals surface area contributed by atoms with Crippen LogP contribution in [-0.4, -0.2) is 39.8 Å². The molecule has 1 amide bonds. The highest BCUT2D eigenvalue weighted by atomic mass is 16.1. The third-order valence-electron chi connectivity index (χ3n) is 6.02. The van der Waals surface area contributed by atoms with Crippen LogP contribution in [0.3, 0.4) is 0 Å². The van der Waals surface area contributed by atoms with Crippen molar-refractivity contribution in [2.75, 3.05) is 29.6 Å². The number of rotatable bonds is 5. The number of pyridine rings is 1. The molecule has 0 saturated carbocycles. The van der Waals surface area contributed by atoms with Gasteiger partial charge in [-0.05, 0) is 55.8 Å². The van der Waals surface area contributed by atoms with Crippen molar-refractivity contribution in [2.24, 2.45) is 0 Å². The standard InChI is InChI=1S/C27H27N7O/c1-17-7-5-8-20(15-17)24-23(26(35)30-21-9-6-14-28-16-21)18(2)29-27-31-25(32-34(24)27)19-10-12-22(13-11-19)33(3)4/h5-16,24H,1-4H3,(H,30,35)(H,29,31,32). The molecule has 0 fully saturated rings. The second kappa shape index (κ2) is 9.06. The fourth-order valence-electron chi connectivity index (χ4n) is 4.26. The molecule has 5 rings (SSSR count). The molecule has 2 N–H and O–H groups in total. The average Bonchev–Trinajstić information content (AvgIpc) is 3.27. The van der Waals surface area contributed by atoms with Crippen LogP contribution in [0.15, 0.2) is 84.3 Å². The molecule has 2 aromatic carbocycles. The Morgan fingerprint density at radius 3 is 2.54 bits per heavy atom. The van der Waals surface area contributed by atoms with Crippen LogP contribution >= 0.6 is 0 Å². The summed E-state index contributed by atoms with van der Waals surface area (Å²) < 4.78 is 1.80. The SMILES string of the molecule is CC1=C(C(=O)Nc2cccnc2)C(c2cccc(C)c2)n2nc(-c3ccc(N(C)C)cc3)nc2N1. The summed E-state index contributed by atoms with van der Waals surface area (Å²) in [7, 11) is 4.01. The maximum absolute atomic E-state index is 13.5. The predicted molar refractivity (Wildman–Crippen MR) is 138 cm³/mol. The molecule has 0 aliphatic carbocycles. The minimum Gasteiger partial charge on any atom is -0.378 e. The highest BCUT2D eigenvalue weighted by molar-refractivity contribution is 6.06. The van der Waals surface area contributed by atoms with E-state index in [0.717, 1.165) is 28.1 Å². The van der Waals surface area contributed by atoms with Gasteiger partial charge < -0.3 is 15.5 Å². The first-order chi connectivity index (χ1) is 16.9. The van der Waals surface area contributed by atoms with E-state index in [1.165, 1.54) is 0 Å². The van der Waals surface area contributed by atoms with Gasteiger partial charge in [-0.15, -0.1) is 5.10 Å². The molecule has 1 unspecified atom stereocenters. The Morgan fingerprint density at radius 1 is 1.06 bits per heavy atom. The number of carbonyl (C=O) groups is 1. The highest BCUT2D eigenvalue weighted by Crippen LogP contribution is 2.37. The molecule has 0 saturated heterocycles. The van der Waals surface area contributed by atoms with Crippen LogP contribution in [0, 0.1) is 6.92 Å². The summed E-state index contributed by atoms with van der Waals surface area (Å²) in [4.78, 5) is 24.5. The fourth-order valence-corrected chi connectivity index (χ4v) is 4.26. The largest absolute Gasteiger partial charge is 0.378 e. The molecular weight excluding hydrogens is 438 g/mol. The second-order valence-corrected chi connectivity index (χ2v) is 8.82. The molecule has 0 radical (unpaired) electrons. The Balaban J connectivity index is 1.58. The molecule has 8 nitrogen and oxygen atoms in total. The van der Waals surface area contributed by atoms with Gasteiger partial charge in [0.1, 0.15) is 6.04 Å². The maximum atomic E-state index is 13.5. The number of fused-ring (bicyclic) bond motifs is 1. The zero-order valence-corrected chi connectivity index (χ0v) is 20.1. The van der Waals surface area contributed by atoms with Crippen LogP contribution in [0.2, 0.25) is 0 Å². The van der Waals surface area contributed by atoms with Crippen LogP contribution in [0.5, 0.6) is 0 Å². The van der Waals surface area contributed by atoms with Crippen molar-refractivity contribution in [3.05, 3.63) is 95.5 Å². The van der Waals surface area contributed by atoms with E-state index in [1.54, 1.807) is 23.1 Å². The molecular formula is C27H27N7O. The zero-order valence-electron chi connectivity index (χ0n) is 20.1. The molecule has 3 heterocycles. The number of allylic oxidation sites excluding steroid dienone is 1. The number of aryl methyl sites for hydroxylation is 1. The summed E-state index contributed by atoms with van der Waals surface area (Å²) in [6, 6.07) is 19.4. The highest BCUT2D eigenvalue weighted by Gasteiger charge is 2.34. The molecule has 35 heavy (non-hydrogen) atoms. The van der Waals surface area contributed by atoms with Crippen LogP contribution in [0.1, 0.15) is 24.1 Å². The smallest absolute Gasteiger partial charge is 0.255 e. The lowest BCUT2D eigenvalue weighted by Crippen LogP contribution is -2.31. The van der Waals surface area contributed by atoms with Gasteiger partial charge in [0.05, 0.1) is 17.5 Å². The van der Waals surface area contributed by atoms with Crippen molar-refractivity contribution in [3.63, 3.8) is 0 Å². The number of carbonyl (C=O) groups excluding carboxylic acids is 1. The fraction of sp³-hybridized carbons (Fsp3) is 0.185. The van der Waals surface area contributed by atoms with Crippen molar-refractivity contribution in [2.45, 2.75) is 19.9 Å². The summed E-state index contributed by atoms with van der Waals surface area (Å²) >= 11 is 0. The maximum Gasteiger partial charge on any atom is 0.255 e. The predicted octanol–water partition coefficient (Wildman–Crippen LogP) is 4.64. The van der Waals surface area contributed by atoms with E-state index in [1.807, 2.05) is 81.4 Å². The third kappa shape index (κ3) is 4.38. The van der Waals surface area contributed by atoms with Crippen molar-refractivity contribution in [1.29, 1.82) is 0 Å². The Kier molecular flexibility index (Phi) is 5.78. The van der Waals surface area contributed by atoms with Gasteiger partial charge in [0, 0.05) is 37.2 Å². The van der Waals surface area contributed by atoms with Gasteiger partial charge in [-0.1, -0.05) is 29.8 Å². The monoisotopic (exact) mass is 465 g/mol. The van der Waals surface area contributed by atoms with E-state index in [4.69, 9.17) is 10.1 Å². The van der Waals surface area contributed by atoms with E-state index in [-0.39, 0.29) is 5.91 Å². The zero-order chi connectivity index (χ0) is 24.5. The summed E-state index contributed by atoms with van der Waals surface area (Å²) in [6.45, 7) is 3.93. The Labute approximate surface area is 204 Å². The number of benzene rings is 2. The van der Waals surface area contributed by atoms with E-state index >= 15 is 0 Å². The second-order valence-electron chi connectivity index (χ2n) is 8.82. The number of hydrogen-bond donors (Lipinski definition) is 2. The summed E-state index contributed by atoms with van der Waals surface area (Å²) in [5.41, 5.74) is 6.00. The molecule has 176 valence electrons. The molecule has 1 aliphatic rings. The van der Waals surface area contributed by atoms with Gasteiger partial charge in [0.25, 0.3) is 5.91 Å². The van der Waals surface area contributed by atoms with Gasteiger partial charge in [0.2, 0.25) is 5.95 Å². The van der Waals surface area contributed by atoms with Gasteiger partial charge in [0.15, 0.2) is 5.82 Å². The molecule has 4 aromatic rings. The van der Waals surface area contributed by atoms with Crippen molar-refractivity contribution >= 4 is 23.2 Å². The Morgan fingerprint density at radius 2 is 1.86 bits per heavy atom. The van der Waals surface area contributed by atoms with Gasteiger partial charge in [-0.25, -0.2) is 4.68 Å². The summed E-state index contributed by atoms with van der Waals surface area (Å²) in [5, 5.41) is 11.1. The van der Waals surface area contributed by atoms with Crippen molar-refractivity contribution in [3.8, 4) is 11.4 Å². The third-order valence-corrected chi connectivity index (χ3v) is 6.02. The molecule has 1 aliphatic heterocycles.